The molecule has 2 amide bonds. The fourth-order valence-corrected chi connectivity index (χ4v) is 5.90. The Morgan fingerprint density at radius 2 is 1.79 bits per heavy atom. The predicted molar refractivity (Wildman–Crippen MR) is 147 cm³/mol. The van der Waals surface area contributed by atoms with Gasteiger partial charge < -0.3 is 20.8 Å². The summed E-state index contributed by atoms with van der Waals surface area (Å²) in [5.41, 5.74) is 0.934. The van der Waals surface area contributed by atoms with Crippen molar-refractivity contribution in [2.24, 2.45) is 0 Å². The van der Waals surface area contributed by atoms with Crippen molar-refractivity contribution in [2.45, 2.75) is 36.1 Å². The van der Waals surface area contributed by atoms with E-state index in [4.69, 9.17) is 11.6 Å². The number of phenols is 1. The molecule has 0 aliphatic heterocycles. The molecule has 1 heterocycles. The third-order valence-electron chi connectivity index (χ3n) is 5.44. The number of amides is 2. The van der Waals surface area contributed by atoms with E-state index < -0.39 is 34.6 Å². The van der Waals surface area contributed by atoms with Crippen LogP contribution in [-0.2, 0) is 11.3 Å². The van der Waals surface area contributed by atoms with Gasteiger partial charge in [0.05, 0.1) is 10.6 Å². The van der Waals surface area contributed by atoms with Crippen LogP contribution < -0.4 is 15.4 Å². The van der Waals surface area contributed by atoms with Crippen molar-refractivity contribution in [3.63, 3.8) is 0 Å². The van der Waals surface area contributed by atoms with Crippen molar-refractivity contribution in [1.29, 1.82) is 0 Å². The van der Waals surface area contributed by atoms with Crippen LogP contribution in [0.1, 0.15) is 45.5 Å². The van der Waals surface area contributed by atoms with Gasteiger partial charge >= 0.3 is 5.97 Å². The van der Waals surface area contributed by atoms with Crippen LogP contribution in [0, 0.1) is 0 Å². The summed E-state index contributed by atoms with van der Waals surface area (Å²) in [5, 5.41) is 25.9. The number of unbranched alkanes of at least 4 members (excludes halogenated alkanes) is 1. The monoisotopic (exact) mass is 581 g/mol. The number of carboxylic acids is 1. The van der Waals surface area contributed by atoms with E-state index >= 15 is 0 Å². The molecule has 0 aliphatic rings. The summed E-state index contributed by atoms with van der Waals surface area (Å²) in [5.74, 6) is -2.26. The highest BCUT2D eigenvalue weighted by atomic mass is 35.5. The highest BCUT2D eigenvalue weighted by Crippen LogP contribution is 2.46. The molecular weight excluding hydrogens is 554 g/mol. The fraction of sp³-hybridized carbons (Fsp3) is 0.240. The lowest BCUT2D eigenvalue weighted by Crippen LogP contribution is -2.41. The minimum atomic E-state index is -3.09. The van der Waals surface area contributed by atoms with Gasteiger partial charge in [0.1, 0.15) is 16.0 Å². The first kappa shape index (κ1) is 29.4. The Kier molecular flexibility index (Phi) is 10.5. The molecule has 0 bridgehead atoms. The number of carbonyl (C=O) groups is 3. The van der Waals surface area contributed by atoms with Gasteiger partial charge in [-0.25, -0.2) is 9.52 Å². The van der Waals surface area contributed by atoms with Crippen LogP contribution in [-0.4, -0.2) is 49.7 Å². The minimum absolute atomic E-state index is 0.0142. The third kappa shape index (κ3) is 8.45. The Labute approximate surface area is 230 Å². The van der Waals surface area contributed by atoms with E-state index in [-0.39, 0.29) is 41.4 Å². The Balaban J connectivity index is 1.50. The molecule has 1 atom stereocenters. The van der Waals surface area contributed by atoms with E-state index in [1.807, 2.05) is 0 Å². The van der Waals surface area contributed by atoms with Gasteiger partial charge in [-0.1, -0.05) is 23.7 Å². The molecule has 0 saturated heterocycles. The molecule has 0 aliphatic carbocycles. The topological polar surface area (TPSA) is 168 Å². The molecule has 13 heteroatoms. The molecule has 0 radical (unpaired) electrons. The van der Waals surface area contributed by atoms with Crippen molar-refractivity contribution in [1.82, 2.24) is 15.4 Å². The third-order valence-corrected chi connectivity index (χ3v) is 8.71. The van der Waals surface area contributed by atoms with Gasteiger partial charge in [0.15, 0.2) is 0 Å². The van der Waals surface area contributed by atoms with Crippen molar-refractivity contribution < 1.29 is 33.7 Å². The largest absolute Gasteiger partial charge is 0.508 e. The zero-order valence-electron chi connectivity index (χ0n) is 20.1. The van der Waals surface area contributed by atoms with Gasteiger partial charge in [0.2, 0.25) is 0 Å². The van der Waals surface area contributed by atoms with Crippen molar-refractivity contribution in [3.05, 3.63) is 81.7 Å². The second kappa shape index (κ2) is 13.6. The molecule has 0 unspecified atom stereocenters. The predicted octanol–water partition coefficient (Wildman–Crippen LogP) is 4.70. The summed E-state index contributed by atoms with van der Waals surface area (Å²) in [6.45, 7) is 0.428. The molecule has 2 aromatic carbocycles. The maximum atomic E-state index is 12.7. The number of rotatable bonds is 13. The first-order chi connectivity index (χ1) is 18.1. The standard InChI is InChI=1S/C25H28ClN3O7S2/c26-20-14-17(23(31)27-15-16-5-3-6-18(30)13-16)9-10-19(20)24(32)29-21(25(33)34)7-1-2-11-28-38(35,36)22-8-4-12-37-22/h3-6,8-10,12-14,21,28,30,35-36H,1-2,7,11,15H2,(H,27,31)(H,29,32)(H,33,34)/t21-/m0/s1. The van der Waals surface area contributed by atoms with E-state index in [9.17, 15) is 33.7 Å². The Morgan fingerprint density at radius 1 is 1.00 bits per heavy atom. The molecule has 204 valence electrons. The van der Waals surface area contributed by atoms with Crippen LogP contribution in [0.3, 0.4) is 0 Å². The maximum Gasteiger partial charge on any atom is 0.326 e. The van der Waals surface area contributed by atoms with Crippen LogP contribution >= 0.6 is 33.7 Å². The van der Waals surface area contributed by atoms with E-state index in [2.05, 4.69) is 15.4 Å². The minimum Gasteiger partial charge on any atom is -0.508 e. The summed E-state index contributed by atoms with van der Waals surface area (Å²) < 4.78 is 23.4. The molecular formula is C25H28ClN3O7S2. The van der Waals surface area contributed by atoms with Crippen LogP contribution in [0.2, 0.25) is 5.02 Å². The van der Waals surface area contributed by atoms with E-state index in [1.54, 1.807) is 29.6 Å². The highest BCUT2D eigenvalue weighted by Gasteiger charge is 2.22. The number of carbonyl (C=O) groups excluding carboxylic acids is 2. The van der Waals surface area contributed by atoms with Gasteiger partial charge in [-0.05, 0) is 72.7 Å². The van der Waals surface area contributed by atoms with Crippen molar-refractivity contribution >= 4 is 51.5 Å². The lowest BCUT2D eigenvalue weighted by molar-refractivity contribution is -0.139. The number of carboxylic acid groups (broad SMARTS) is 1. The first-order valence-corrected chi connectivity index (χ1v) is 14.3. The number of thiophene rings is 1. The first-order valence-electron chi connectivity index (χ1n) is 11.5. The van der Waals surface area contributed by atoms with Crippen LogP contribution in [0.25, 0.3) is 0 Å². The number of nitrogens with one attached hydrogen (secondary N) is 3. The maximum absolute atomic E-state index is 12.7. The van der Waals surface area contributed by atoms with E-state index in [1.165, 1.54) is 41.7 Å². The number of hydrogen-bond acceptors (Lipinski definition) is 8. The molecule has 3 rings (SSSR count). The summed E-state index contributed by atoms with van der Waals surface area (Å²) >= 11 is 7.45. The van der Waals surface area contributed by atoms with Gasteiger partial charge in [-0.2, -0.15) is 0 Å². The molecule has 38 heavy (non-hydrogen) atoms. The summed E-state index contributed by atoms with van der Waals surface area (Å²) in [6, 6.07) is 12.7. The second-order valence-corrected chi connectivity index (χ2v) is 11.7. The Bertz CT molecular complexity index is 1270. The molecule has 0 fully saturated rings. The van der Waals surface area contributed by atoms with E-state index in [0.717, 1.165) is 0 Å². The van der Waals surface area contributed by atoms with Crippen LogP contribution in [0.5, 0.6) is 5.75 Å². The second-order valence-electron chi connectivity index (χ2n) is 8.28. The fourth-order valence-electron chi connectivity index (χ4n) is 3.47. The lowest BCUT2D eigenvalue weighted by atomic mass is 10.1. The summed E-state index contributed by atoms with van der Waals surface area (Å²) in [6.07, 6.45) is 0.971. The van der Waals surface area contributed by atoms with Crippen LogP contribution in [0.4, 0.5) is 0 Å². The summed E-state index contributed by atoms with van der Waals surface area (Å²) in [7, 11) is -3.09. The normalized spacial score (nSPS) is 12.5. The summed E-state index contributed by atoms with van der Waals surface area (Å²) in [4.78, 5) is 36.8. The number of phenolic OH excluding ortho intramolecular Hbond substituents is 1. The average molecular weight is 582 g/mol. The van der Waals surface area contributed by atoms with Crippen molar-refractivity contribution in [3.8, 4) is 5.75 Å². The van der Waals surface area contributed by atoms with Gasteiger partial charge in [-0.15, -0.1) is 22.1 Å². The molecule has 3 aromatic rings. The number of halogens is 1. The van der Waals surface area contributed by atoms with Gasteiger partial charge in [-0.3, -0.25) is 18.7 Å². The SMILES string of the molecule is O=C(NCc1cccc(O)c1)c1ccc(C(=O)N[C@@H](CCCCNS(O)(O)c2cccs2)C(=O)O)c(Cl)c1. The van der Waals surface area contributed by atoms with Gasteiger partial charge in [0.25, 0.3) is 11.8 Å². The number of aromatic hydroxyl groups is 1. The quantitative estimate of drug-likeness (QED) is 0.142. The Morgan fingerprint density at radius 3 is 2.45 bits per heavy atom. The zero-order valence-corrected chi connectivity index (χ0v) is 22.5. The smallest absolute Gasteiger partial charge is 0.326 e. The highest BCUT2D eigenvalue weighted by molar-refractivity contribution is 8.23. The van der Waals surface area contributed by atoms with Crippen molar-refractivity contribution in [2.75, 3.05) is 6.54 Å². The Hall–Kier alpha value is -3.13. The number of benzene rings is 2. The molecule has 0 spiro atoms. The number of aliphatic carboxylic acids is 1. The van der Waals surface area contributed by atoms with E-state index in [0.29, 0.717) is 22.6 Å². The zero-order chi connectivity index (χ0) is 27.7. The lowest BCUT2D eigenvalue weighted by Gasteiger charge is -2.31. The molecule has 0 saturated carbocycles. The number of hydrogen-bond donors (Lipinski definition) is 7. The van der Waals surface area contributed by atoms with Gasteiger partial charge in [0, 0.05) is 18.7 Å². The molecule has 10 nitrogen and oxygen atoms in total. The average Bonchev–Trinajstić information content (AvgIpc) is 3.42. The molecule has 7 N–H and O–H groups in total. The van der Waals surface area contributed by atoms with Crippen LogP contribution in [0.15, 0.2) is 64.2 Å². The molecule has 1 aromatic heterocycles.